The van der Waals surface area contributed by atoms with E-state index >= 15 is 0 Å². The molecule has 0 aliphatic carbocycles. The van der Waals surface area contributed by atoms with Crippen LogP contribution in [0.4, 0.5) is 11.4 Å². The number of aryl methyl sites for hydroxylation is 1. The highest BCUT2D eigenvalue weighted by Gasteiger charge is 2.29. The van der Waals surface area contributed by atoms with Gasteiger partial charge in [-0.15, -0.1) is 0 Å². The molecule has 0 bridgehead atoms. The smallest absolute Gasteiger partial charge is 0.271 e. The van der Waals surface area contributed by atoms with Gasteiger partial charge in [0.25, 0.3) is 5.56 Å². The van der Waals surface area contributed by atoms with E-state index in [0.717, 1.165) is 51.8 Å². The van der Waals surface area contributed by atoms with Crippen molar-refractivity contribution in [1.29, 1.82) is 0 Å². The highest BCUT2D eigenvalue weighted by atomic mass is 16.5. The molecule has 4 aromatic rings. The largest absolute Gasteiger partial charge is 0.456 e. The Hall–Kier alpha value is -4.17. The van der Waals surface area contributed by atoms with Gasteiger partial charge in [-0.05, 0) is 55.8 Å². The number of fused-ring (bicyclic) bond motifs is 2. The van der Waals surface area contributed by atoms with E-state index in [0.29, 0.717) is 25.4 Å². The quantitative estimate of drug-likeness (QED) is 0.358. The van der Waals surface area contributed by atoms with Crippen molar-refractivity contribution < 1.29 is 9.47 Å². The second-order valence-corrected chi connectivity index (χ2v) is 9.55. The molecular weight excluding hydrogens is 466 g/mol. The summed E-state index contributed by atoms with van der Waals surface area (Å²) in [5.41, 5.74) is 5.77. The first-order valence-electron chi connectivity index (χ1n) is 12.6. The molecule has 6 rings (SSSR count). The summed E-state index contributed by atoms with van der Waals surface area (Å²) < 4.78 is 12.6. The fraction of sp³-hybridized carbons (Fsp3) is 0.276. The number of para-hydroxylation sites is 1. The Morgan fingerprint density at radius 3 is 2.92 bits per heavy atom. The van der Waals surface area contributed by atoms with Crippen molar-refractivity contribution in [2.75, 3.05) is 29.9 Å². The maximum absolute atomic E-state index is 12.3. The topological polar surface area (TPSA) is 92.4 Å². The molecule has 0 radical (unpaired) electrons. The van der Waals surface area contributed by atoms with Gasteiger partial charge in [-0.25, -0.2) is 9.97 Å². The lowest BCUT2D eigenvalue weighted by molar-refractivity contribution is 0.0383. The molecule has 1 saturated heterocycles. The second-order valence-electron chi connectivity index (χ2n) is 9.55. The predicted molar refractivity (Wildman–Crippen MR) is 143 cm³/mol. The summed E-state index contributed by atoms with van der Waals surface area (Å²) in [6.45, 7) is 5.82. The van der Waals surface area contributed by atoms with Crippen LogP contribution in [0.1, 0.15) is 47.3 Å². The van der Waals surface area contributed by atoms with E-state index in [1.165, 1.54) is 0 Å². The summed E-state index contributed by atoms with van der Waals surface area (Å²) in [5.74, 6) is 2.46. The maximum atomic E-state index is 12.3. The van der Waals surface area contributed by atoms with Crippen molar-refractivity contribution >= 4 is 11.4 Å². The highest BCUT2D eigenvalue weighted by Crippen LogP contribution is 2.43. The van der Waals surface area contributed by atoms with E-state index in [-0.39, 0.29) is 17.7 Å². The molecule has 2 unspecified atom stereocenters. The molecule has 0 saturated carbocycles. The third-order valence-corrected chi connectivity index (χ3v) is 6.92. The van der Waals surface area contributed by atoms with Gasteiger partial charge in [0, 0.05) is 54.4 Å². The van der Waals surface area contributed by atoms with Gasteiger partial charge in [-0.1, -0.05) is 18.2 Å². The van der Waals surface area contributed by atoms with Crippen molar-refractivity contribution in [2.45, 2.75) is 32.4 Å². The lowest BCUT2D eigenvalue weighted by Gasteiger charge is -2.35. The fourth-order valence-electron chi connectivity index (χ4n) is 5.05. The number of hydrogen-bond donors (Lipinski definition) is 2. The number of H-pyrrole nitrogens is 1. The van der Waals surface area contributed by atoms with E-state index in [2.05, 4.69) is 56.4 Å². The Labute approximate surface area is 215 Å². The SMILES string of the molecule is Cc1ccnc(C(C)Nc2ccc3c(c2)Cc2cccc(C4CN(c5ccc[nH]c5=O)CCO4)c2O3)n1. The number of anilines is 2. The number of rotatable bonds is 5. The molecule has 2 atom stereocenters. The van der Waals surface area contributed by atoms with E-state index in [9.17, 15) is 4.79 Å². The molecule has 0 amide bonds. The van der Waals surface area contributed by atoms with E-state index in [1.807, 2.05) is 37.3 Å². The molecule has 2 aromatic heterocycles. The van der Waals surface area contributed by atoms with Gasteiger partial charge in [-0.3, -0.25) is 4.79 Å². The lowest BCUT2D eigenvalue weighted by Crippen LogP contribution is -2.41. The van der Waals surface area contributed by atoms with Crippen molar-refractivity contribution in [3.05, 3.63) is 106 Å². The zero-order valence-electron chi connectivity index (χ0n) is 20.9. The minimum absolute atomic E-state index is 0.0235. The van der Waals surface area contributed by atoms with Crippen molar-refractivity contribution in [2.24, 2.45) is 0 Å². The minimum atomic E-state index is -0.194. The third kappa shape index (κ3) is 4.68. The van der Waals surface area contributed by atoms with Crippen molar-refractivity contribution in [3.63, 3.8) is 0 Å². The van der Waals surface area contributed by atoms with Gasteiger partial charge in [-0.2, -0.15) is 0 Å². The molecule has 37 heavy (non-hydrogen) atoms. The zero-order valence-corrected chi connectivity index (χ0v) is 20.9. The molecular formula is C29H29N5O3. The Balaban J connectivity index is 1.22. The average molecular weight is 496 g/mol. The van der Waals surface area contributed by atoms with Gasteiger partial charge in [0.2, 0.25) is 0 Å². The zero-order chi connectivity index (χ0) is 25.4. The molecule has 2 aliphatic rings. The van der Waals surface area contributed by atoms with Gasteiger partial charge in [0.1, 0.15) is 29.1 Å². The first-order valence-corrected chi connectivity index (χ1v) is 12.6. The van der Waals surface area contributed by atoms with Crippen LogP contribution in [0, 0.1) is 6.92 Å². The maximum Gasteiger partial charge on any atom is 0.271 e. The molecule has 2 aliphatic heterocycles. The molecule has 2 N–H and O–H groups in total. The Bertz CT molecular complexity index is 1500. The number of morpholine rings is 1. The second kappa shape index (κ2) is 9.71. The molecule has 8 nitrogen and oxygen atoms in total. The first kappa shape index (κ1) is 23.2. The van der Waals surface area contributed by atoms with Crippen LogP contribution in [-0.4, -0.2) is 34.6 Å². The van der Waals surface area contributed by atoms with Crippen LogP contribution in [0.5, 0.6) is 11.5 Å². The third-order valence-electron chi connectivity index (χ3n) is 6.92. The van der Waals surface area contributed by atoms with Crippen LogP contribution in [0.3, 0.4) is 0 Å². The number of hydrogen-bond acceptors (Lipinski definition) is 7. The number of pyridine rings is 1. The number of benzene rings is 2. The predicted octanol–water partition coefficient (Wildman–Crippen LogP) is 4.92. The Morgan fingerprint density at radius 2 is 2.05 bits per heavy atom. The summed E-state index contributed by atoms with van der Waals surface area (Å²) >= 11 is 0. The molecule has 4 heterocycles. The van der Waals surface area contributed by atoms with E-state index in [1.54, 1.807) is 12.4 Å². The van der Waals surface area contributed by atoms with Crippen molar-refractivity contribution in [1.82, 2.24) is 15.0 Å². The monoisotopic (exact) mass is 495 g/mol. The molecule has 1 fully saturated rings. The van der Waals surface area contributed by atoms with Crippen LogP contribution >= 0.6 is 0 Å². The minimum Gasteiger partial charge on any atom is -0.456 e. The molecule has 188 valence electrons. The molecule has 2 aromatic carbocycles. The Morgan fingerprint density at radius 1 is 1.14 bits per heavy atom. The highest BCUT2D eigenvalue weighted by molar-refractivity contribution is 5.59. The summed E-state index contributed by atoms with van der Waals surface area (Å²) in [6.07, 6.45) is 4.01. The standard InChI is InChI=1S/C29H29N5O3/c1-18-10-12-30-28(32-18)19(2)33-22-8-9-25-21(16-22)15-20-5-3-6-23(27(20)37-25)26-17-34(13-14-36-26)24-7-4-11-31-29(24)35/h3-12,16,19,26,33H,13-15,17H2,1-2H3,(H,31,35). The summed E-state index contributed by atoms with van der Waals surface area (Å²) in [5, 5.41) is 3.51. The van der Waals surface area contributed by atoms with Gasteiger partial charge in [0.15, 0.2) is 0 Å². The lowest BCUT2D eigenvalue weighted by atomic mass is 9.95. The number of nitrogens with one attached hydrogen (secondary N) is 2. The first-order chi connectivity index (χ1) is 18.0. The van der Waals surface area contributed by atoms with Crippen LogP contribution in [0.15, 0.2) is 71.8 Å². The summed E-state index contributed by atoms with van der Waals surface area (Å²) in [4.78, 5) is 26.1. The summed E-state index contributed by atoms with van der Waals surface area (Å²) in [7, 11) is 0. The van der Waals surface area contributed by atoms with Gasteiger partial charge < -0.3 is 24.7 Å². The number of aromatic amines is 1. The number of aromatic nitrogens is 3. The normalized spacial score (nSPS) is 17.4. The number of nitrogens with zero attached hydrogens (tertiary/aromatic N) is 3. The molecule has 8 heteroatoms. The van der Waals surface area contributed by atoms with Gasteiger partial charge in [0.05, 0.1) is 12.6 Å². The number of ether oxygens (including phenoxy) is 2. The average Bonchev–Trinajstić information content (AvgIpc) is 2.92. The van der Waals surface area contributed by atoms with E-state index < -0.39 is 0 Å². The van der Waals surface area contributed by atoms with Crippen LogP contribution in [0.25, 0.3) is 0 Å². The van der Waals surface area contributed by atoms with Crippen LogP contribution < -0.4 is 20.5 Å². The van der Waals surface area contributed by atoms with E-state index in [4.69, 9.17) is 9.47 Å². The van der Waals surface area contributed by atoms with Crippen molar-refractivity contribution in [3.8, 4) is 11.5 Å². The fourth-order valence-corrected chi connectivity index (χ4v) is 5.05. The van der Waals surface area contributed by atoms with Crippen LogP contribution in [-0.2, 0) is 11.2 Å². The summed E-state index contributed by atoms with van der Waals surface area (Å²) in [6, 6.07) is 18.0. The van der Waals surface area contributed by atoms with Gasteiger partial charge >= 0.3 is 0 Å². The van der Waals surface area contributed by atoms with Crippen LogP contribution in [0.2, 0.25) is 0 Å². The Kier molecular flexibility index (Phi) is 6.10. The molecule has 0 spiro atoms.